The van der Waals surface area contributed by atoms with E-state index in [2.05, 4.69) is 11.9 Å². The van der Waals surface area contributed by atoms with E-state index in [0.29, 0.717) is 30.0 Å². The van der Waals surface area contributed by atoms with Crippen LogP contribution in [-0.4, -0.2) is 32.2 Å². The van der Waals surface area contributed by atoms with Crippen molar-refractivity contribution in [1.82, 2.24) is 5.32 Å². The van der Waals surface area contributed by atoms with E-state index >= 15 is 0 Å². The fourth-order valence-electron chi connectivity index (χ4n) is 2.56. The van der Waals surface area contributed by atoms with Crippen LogP contribution in [0.1, 0.15) is 42.6 Å². The summed E-state index contributed by atoms with van der Waals surface area (Å²) in [5.41, 5.74) is 6.86. The van der Waals surface area contributed by atoms with Gasteiger partial charge in [0.2, 0.25) is 0 Å². The number of hydrogen-bond donors (Lipinski definition) is 2. The van der Waals surface area contributed by atoms with Gasteiger partial charge in [-0.05, 0) is 31.4 Å². The van der Waals surface area contributed by atoms with Gasteiger partial charge in [-0.3, -0.25) is 4.79 Å². The van der Waals surface area contributed by atoms with Crippen LogP contribution in [0.2, 0.25) is 0 Å². The van der Waals surface area contributed by atoms with Gasteiger partial charge in [0.15, 0.2) is 11.5 Å². The number of carbonyl (C=O) groups excluding carboxylic acids is 1. The monoisotopic (exact) mass is 320 g/mol. The average Bonchev–Trinajstić information content (AvgIpc) is 2.59. The first-order valence-corrected chi connectivity index (χ1v) is 7.89. The molecule has 0 saturated carbocycles. The summed E-state index contributed by atoms with van der Waals surface area (Å²) in [5, 5.41) is 3.07. The molecule has 0 aliphatic heterocycles. The molecular weight excluding hydrogens is 292 g/mol. The molecule has 3 N–H and O–H groups in total. The summed E-state index contributed by atoms with van der Waals surface area (Å²) in [7, 11) is 3.14. The molecule has 23 heavy (non-hydrogen) atoms. The lowest BCUT2D eigenvalue weighted by Crippen LogP contribution is -2.52. The largest absolute Gasteiger partial charge is 0.493 e. The number of nitrogens with two attached hydrogens (primary N) is 1. The number of hydrogen-bond acceptors (Lipinski definition) is 4. The van der Waals surface area contributed by atoms with Crippen LogP contribution < -0.4 is 20.5 Å². The van der Waals surface area contributed by atoms with Gasteiger partial charge >= 0.3 is 0 Å². The van der Waals surface area contributed by atoms with Gasteiger partial charge in [-0.15, -0.1) is 6.58 Å². The molecule has 0 unspecified atom stereocenters. The van der Waals surface area contributed by atoms with Crippen molar-refractivity contribution in [3.63, 3.8) is 0 Å². The number of methoxy groups -OCH3 is 2. The van der Waals surface area contributed by atoms with Crippen LogP contribution in [0, 0.1) is 0 Å². The third-order valence-electron chi connectivity index (χ3n) is 4.31. The van der Waals surface area contributed by atoms with Crippen LogP contribution in [0.15, 0.2) is 24.8 Å². The summed E-state index contributed by atoms with van der Waals surface area (Å²) >= 11 is 0. The Hall–Kier alpha value is -2.01. The van der Waals surface area contributed by atoms with E-state index in [9.17, 15) is 4.79 Å². The first-order chi connectivity index (χ1) is 11.0. The van der Waals surface area contributed by atoms with Gasteiger partial charge in [-0.2, -0.15) is 0 Å². The fraction of sp³-hybridized carbons (Fsp3) is 0.500. The molecule has 0 fully saturated rings. The van der Waals surface area contributed by atoms with Crippen LogP contribution >= 0.6 is 0 Å². The highest BCUT2D eigenvalue weighted by molar-refractivity contribution is 5.95. The van der Waals surface area contributed by atoms with Crippen molar-refractivity contribution in [2.75, 3.05) is 20.8 Å². The highest BCUT2D eigenvalue weighted by Crippen LogP contribution is 2.33. The zero-order valence-electron chi connectivity index (χ0n) is 14.6. The molecule has 0 saturated heterocycles. The van der Waals surface area contributed by atoms with Gasteiger partial charge in [0.05, 0.1) is 19.8 Å². The molecule has 1 rings (SSSR count). The van der Waals surface area contributed by atoms with Gasteiger partial charge in [-0.25, -0.2) is 0 Å². The molecule has 0 bridgehead atoms. The Kier molecular flexibility index (Phi) is 7.10. The zero-order chi connectivity index (χ0) is 17.5. The summed E-state index contributed by atoms with van der Waals surface area (Å²) in [6, 6.07) is 3.50. The van der Waals surface area contributed by atoms with Crippen LogP contribution in [0.4, 0.5) is 0 Å². The third-order valence-corrected chi connectivity index (χ3v) is 4.31. The third kappa shape index (κ3) is 4.26. The van der Waals surface area contributed by atoms with Gasteiger partial charge in [0.1, 0.15) is 0 Å². The second kappa shape index (κ2) is 8.58. The summed E-state index contributed by atoms with van der Waals surface area (Å²) in [6.07, 6.45) is 3.91. The van der Waals surface area contributed by atoms with E-state index in [4.69, 9.17) is 15.2 Å². The second-order valence-corrected chi connectivity index (χ2v) is 5.51. The van der Waals surface area contributed by atoms with Crippen LogP contribution in [0.5, 0.6) is 11.5 Å². The molecular formula is C18H28N2O3. The van der Waals surface area contributed by atoms with Crippen molar-refractivity contribution >= 4 is 5.91 Å². The smallest absolute Gasteiger partial charge is 0.251 e. The van der Waals surface area contributed by atoms with Gasteiger partial charge < -0.3 is 20.5 Å². The van der Waals surface area contributed by atoms with E-state index in [-0.39, 0.29) is 11.4 Å². The summed E-state index contributed by atoms with van der Waals surface area (Å²) in [6.45, 7) is 8.19. The minimum absolute atomic E-state index is 0.162. The molecule has 5 heteroatoms. The van der Waals surface area contributed by atoms with E-state index in [1.165, 1.54) is 0 Å². The SMILES string of the molecule is C=CCc1cc(C(=O)NC(CC)(CC)CN)cc(OC)c1OC. The average molecular weight is 320 g/mol. The number of rotatable bonds is 9. The normalized spacial score (nSPS) is 11.0. The number of nitrogens with one attached hydrogen (secondary N) is 1. The van der Waals surface area contributed by atoms with E-state index in [1.54, 1.807) is 26.4 Å². The zero-order valence-corrected chi connectivity index (χ0v) is 14.6. The minimum Gasteiger partial charge on any atom is -0.493 e. The maximum atomic E-state index is 12.7. The van der Waals surface area contributed by atoms with Gasteiger partial charge in [0.25, 0.3) is 5.91 Å². The van der Waals surface area contributed by atoms with Crippen molar-refractivity contribution in [2.24, 2.45) is 5.73 Å². The Morgan fingerprint density at radius 1 is 1.30 bits per heavy atom. The maximum Gasteiger partial charge on any atom is 0.251 e. The molecule has 0 atom stereocenters. The Morgan fingerprint density at radius 3 is 2.39 bits per heavy atom. The molecule has 5 nitrogen and oxygen atoms in total. The fourth-order valence-corrected chi connectivity index (χ4v) is 2.56. The topological polar surface area (TPSA) is 73.6 Å². The second-order valence-electron chi connectivity index (χ2n) is 5.51. The lowest BCUT2D eigenvalue weighted by atomic mass is 9.92. The van der Waals surface area contributed by atoms with Crippen molar-refractivity contribution in [3.05, 3.63) is 35.9 Å². The minimum atomic E-state index is -0.386. The molecule has 1 aromatic carbocycles. The molecule has 0 aliphatic carbocycles. The van der Waals surface area contributed by atoms with Gasteiger partial charge in [-0.1, -0.05) is 19.9 Å². The first kappa shape index (κ1) is 19.0. The lowest BCUT2D eigenvalue weighted by molar-refractivity contribution is 0.0894. The molecule has 1 aromatic rings. The predicted molar refractivity (Wildman–Crippen MR) is 93.3 cm³/mol. The molecule has 0 radical (unpaired) electrons. The molecule has 0 spiro atoms. The highest BCUT2D eigenvalue weighted by atomic mass is 16.5. The van der Waals surface area contributed by atoms with Crippen LogP contribution in [-0.2, 0) is 6.42 Å². The van der Waals surface area contributed by atoms with Crippen LogP contribution in [0.25, 0.3) is 0 Å². The van der Waals surface area contributed by atoms with Crippen molar-refractivity contribution in [2.45, 2.75) is 38.6 Å². The molecule has 0 aromatic heterocycles. The van der Waals surface area contributed by atoms with Crippen LogP contribution in [0.3, 0.4) is 0 Å². The molecule has 1 amide bonds. The number of allylic oxidation sites excluding steroid dienone is 1. The maximum absolute atomic E-state index is 12.7. The Morgan fingerprint density at radius 2 is 1.96 bits per heavy atom. The summed E-state index contributed by atoms with van der Waals surface area (Å²) in [5.74, 6) is 0.994. The van der Waals surface area contributed by atoms with Crippen molar-refractivity contribution in [1.29, 1.82) is 0 Å². The summed E-state index contributed by atoms with van der Waals surface area (Å²) < 4.78 is 10.8. The standard InChI is InChI=1S/C18H28N2O3/c1-6-9-13-10-14(11-15(22-4)16(13)23-5)17(21)20-18(7-2,8-3)12-19/h6,10-11H,1,7-9,12,19H2,2-5H3,(H,20,21). The Labute approximate surface area is 138 Å². The molecule has 0 aliphatic rings. The number of amides is 1. The number of benzene rings is 1. The van der Waals surface area contributed by atoms with E-state index in [1.807, 2.05) is 19.9 Å². The lowest BCUT2D eigenvalue weighted by Gasteiger charge is -2.31. The van der Waals surface area contributed by atoms with E-state index in [0.717, 1.165) is 18.4 Å². The van der Waals surface area contributed by atoms with Crippen molar-refractivity contribution in [3.8, 4) is 11.5 Å². The number of ether oxygens (including phenoxy) is 2. The molecule has 0 heterocycles. The Balaban J connectivity index is 3.23. The van der Waals surface area contributed by atoms with Crippen molar-refractivity contribution < 1.29 is 14.3 Å². The Bertz CT molecular complexity index is 543. The molecule has 128 valence electrons. The van der Waals surface area contributed by atoms with Gasteiger partial charge in [0, 0.05) is 17.7 Å². The predicted octanol–water partition coefficient (Wildman–Crippen LogP) is 2.68. The summed E-state index contributed by atoms with van der Waals surface area (Å²) in [4.78, 5) is 12.7. The van der Waals surface area contributed by atoms with E-state index < -0.39 is 0 Å². The highest BCUT2D eigenvalue weighted by Gasteiger charge is 2.27. The number of carbonyl (C=O) groups is 1. The first-order valence-electron chi connectivity index (χ1n) is 7.89. The quantitative estimate of drug-likeness (QED) is 0.686.